The molecule has 0 spiro atoms. The van der Waals surface area contributed by atoms with Crippen molar-refractivity contribution >= 4 is 0 Å². The van der Waals surface area contributed by atoms with Gasteiger partial charge in [0.1, 0.15) is 0 Å². The average Bonchev–Trinajstić information content (AvgIpc) is 2.67. The van der Waals surface area contributed by atoms with Gasteiger partial charge in [0.2, 0.25) is 0 Å². The van der Waals surface area contributed by atoms with Crippen molar-refractivity contribution in [1.82, 2.24) is 0 Å². The third-order valence-corrected chi connectivity index (χ3v) is 6.57. The Kier molecular flexibility index (Phi) is 16.3. The first-order valence-electron chi connectivity index (χ1n) is 12.5. The summed E-state index contributed by atoms with van der Waals surface area (Å²) in [7, 11) is 0. The molecule has 0 amide bonds. The van der Waals surface area contributed by atoms with Crippen LogP contribution in [0.2, 0.25) is 0 Å². The first-order valence-corrected chi connectivity index (χ1v) is 12.5. The van der Waals surface area contributed by atoms with Crippen molar-refractivity contribution in [3.63, 3.8) is 0 Å². The lowest BCUT2D eigenvalue weighted by Crippen LogP contribution is -2.59. The molecule has 182 valence electrons. The standard InChI is InChI=1S/C25H52O5/c1-21(2)15-11-7-5-9-13-17-23(28)24(19-26,20-27)25(29,30)18-14-10-6-8-12-16-22(3)4/h21-23,26-30H,5-20H2,1-4H3. The van der Waals surface area contributed by atoms with Gasteiger partial charge in [-0.05, 0) is 24.7 Å². The van der Waals surface area contributed by atoms with Crippen molar-refractivity contribution in [3.05, 3.63) is 0 Å². The van der Waals surface area contributed by atoms with Gasteiger partial charge in [0.15, 0.2) is 5.79 Å². The van der Waals surface area contributed by atoms with Crippen LogP contribution in [-0.4, -0.2) is 50.6 Å². The second-order valence-corrected chi connectivity index (χ2v) is 10.2. The van der Waals surface area contributed by atoms with Gasteiger partial charge in [-0.1, -0.05) is 98.3 Å². The van der Waals surface area contributed by atoms with Gasteiger partial charge in [0.05, 0.1) is 24.7 Å². The maximum Gasteiger partial charge on any atom is 0.175 e. The number of hydrogen-bond donors (Lipinski definition) is 5. The lowest BCUT2D eigenvalue weighted by molar-refractivity contribution is -0.294. The Morgan fingerprint density at radius 3 is 1.33 bits per heavy atom. The molecule has 0 saturated heterocycles. The van der Waals surface area contributed by atoms with E-state index in [1.807, 2.05) is 0 Å². The van der Waals surface area contributed by atoms with Gasteiger partial charge in [-0.25, -0.2) is 0 Å². The summed E-state index contributed by atoms with van der Waals surface area (Å²) in [4.78, 5) is 0. The first kappa shape index (κ1) is 29.8. The average molecular weight is 433 g/mol. The van der Waals surface area contributed by atoms with E-state index in [1.165, 1.54) is 32.1 Å². The SMILES string of the molecule is CC(C)CCCCCCCC(O)C(CO)(CO)C(O)(O)CCCCCCCC(C)C. The minimum atomic E-state index is -2.29. The van der Waals surface area contributed by atoms with Gasteiger partial charge in [0.25, 0.3) is 0 Å². The summed E-state index contributed by atoms with van der Waals surface area (Å²) in [6.45, 7) is 7.58. The molecule has 0 aliphatic rings. The molecular weight excluding hydrogens is 380 g/mol. The van der Waals surface area contributed by atoms with Crippen LogP contribution < -0.4 is 0 Å². The molecule has 0 aromatic heterocycles. The molecule has 0 aromatic carbocycles. The number of aliphatic hydroxyl groups excluding tert-OH is 3. The normalized spacial score (nSPS) is 14.1. The molecule has 0 saturated carbocycles. The molecule has 30 heavy (non-hydrogen) atoms. The number of hydrogen-bond acceptors (Lipinski definition) is 5. The van der Waals surface area contributed by atoms with Crippen molar-refractivity contribution in [2.75, 3.05) is 13.2 Å². The van der Waals surface area contributed by atoms with Gasteiger partial charge in [-0.3, -0.25) is 0 Å². The third-order valence-electron chi connectivity index (χ3n) is 6.57. The van der Waals surface area contributed by atoms with Crippen LogP contribution in [0, 0.1) is 17.3 Å². The molecule has 5 nitrogen and oxygen atoms in total. The minimum Gasteiger partial charge on any atom is -0.395 e. The maximum absolute atomic E-state index is 10.7. The highest BCUT2D eigenvalue weighted by atomic mass is 16.5. The fourth-order valence-corrected chi connectivity index (χ4v) is 4.18. The van der Waals surface area contributed by atoms with E-state index in [2.05, 4.69) is 27.7 Å². The van der Waals surface area contributed by atoms with Crippen molar-refractivity contribution < 1.29 is 25.5 Å². The first-order chi connectivity index (χ1) is 14.1. The Labute approximate surface area is 185 Å². The van der Waals surface area contributed by atoms with Gasteiger partial charge in [0, 0.05) is 6.42 Å². The zero-order valence-electron chi connectivity index (χ0n) is 20.3. The molecule has 0 heterocycles. The van der Waals surface area contributed by atoms with Crippen LogP contribution in [0.15, 0.2) is 0 Å². The van der Waals surface area contributed by atoms with E-state index in [9.17, 15) is 25.5 Å². The van der Waals surface area contributed by atoms with E-state index in [0.29, 0.717) is 18.8 Å². The minimum absolute atomic E-state index is 0.0462. The van der Waals surface area contributed by atoms with E-state index in [4.69, 9.17) is 0 Å². The molecule has 5 N–H and O–H groups in total. The van der Waals surface area contributed by atoms with Crippen LogP contribution in [0.3, 0.4) is 0 Å². The summed E-state index contributed by atoms with van der Waals surface area (Å²) < 4.78 is 0. The number of rotatable bonds is 20. The molecule has 0 aliphatic heterocycles. The van der Waals surface area contributed by atoms with Crippen molar-refractivity contribution in [3.8, 4) is 0 Å². The summed E-state index contributed by atoms with van der Waals surface area (Å²) in [5.41, 5.74) is -1.71. The van der Waals surface area contributed by atoms with E-state index >= 15 is 0 Å². The molecule has 1 atom stereocenters. The molecule has 0 radical (unpaired) electrons. The van der Waals surface area contributed by atoms with Crippen LogP contribution >= 0.6 is 0 Å². The highest BCUT2D eigenvalue weighted by molar-refractivity contribution is 4.96. The molecule has 0 aromatic rings. The lowest BCUT2D eigenvalue weighted by Gasteiger charge is -2.44. The molecule has 0 aliphatic carbocycles. The molecular formula is C25H52O5. The second-order valence-electron chi connectivity index (χ2n) is 10.2. The monoisotopic (exact) mass is 432 g/mol. The maximum atomic E-state index is 10.7. The zero-order chi connectivity index (χ0) is 23.0. The fourth-order valence-electron chi connectivity index (χ4n) is 4.18. The number of aliphatic hydroxyl groups is 5. The van der Waals surface area contributed by atoms with Gasteiger partial charge < -0.3 is 25.5 Å². The van der Waals surface area contributed by atoms with Crippen LogP contribution in [0.4, 0.5) is 0 Å². The third kappa shape index (κ3) is 11.4. The van der Waals surface area contributed by atoms with Crippen molar-refractivity contribution in [1.29, 1.82) is 0 Å². The Balaban J connectivity index is 4.39. The van der Waals surface area contributed by atoms with Crippen LogP contribution in [0.5, 0.6) is 0 Å². The summed E-state index contributed by atoms with van der Waals surface area (Å²) in [5, 5.41) is 51.8. The van der Waals surface area contributed by atoms with Crippen molar-refractivity contribution in [2.45, 2.75) is 129 Å². The van der Waals surface area contributed by atoms with Crippen molar-refractivity contribution in [2.24, 2.45) is 17.3 Å². The van der Waals surface area contributed by atoms with E-state index in [1.54, 1.807) is 0 Å². The second kappa shape index (κ2) is 16.4. The van der Waals surface area contributed by atoms with E-state index < -0.39 is 30.5 Å². The summed E-state index contributed by atoms with van der Waals surface area (Å²) >= 11 is 0. The molecule has 0 bridgehead atoms. The fraction of sp³-hybridized carbons (Fsp3) is 1.00. The highest BCUT2D eigenvalue weighted by Gasteiger charge is 2.53. The quantitative estimate of drug-likeness (QED) is 0.141. The summed E-state index contributed by atoms with van der Waals surface area (Å²) in [5.74, 6) is -0.849. The number of unbranched alkanes of at least 4 members (excludes halogenated alkanes) is 8. The Hall–Kier alpha value is -0.200. The van der Waals surface area contributed by atoms with Gasteiger partial charge >= 0.3 is 0 Å². The predicted octanol–water partition coefficient (Wildman–Crippen LogP) is 4.77. The summed E-state index contributed by atoms with van der Waals surface area (Å²) in [6, 6.07) is 0. The Morgan fingerprint density at radius 2 is 0.933 bits per heavy atom. The molecule has 0 rings (SSSR count). The molecule has 0 fully saturated rings. The predicted molar refractivity (Wildman–Crippen MR) is 124 cm³/mol. The largest absolute Gasteiger partial charge is 0.395 e. The van der Waals surface area contributed by atoms with E-state index in [-0.39, 0.29) is 6.42 Å². The highest BCUT2D eigenvalue weighted by Crippen LogP contribution is 2.38. The van der Waals surface area contributed by atoms with Gasteiger partial charge in [-0.15, -0.1) is 0 Å². The Bertz CT molecular complexity index is 391. The zero-order valence-corrected chi connectivity index (χ0v) is 20.3. The van der Waals surface area contributed by atoms with Gasteiger partial charge in [-0.2, -0.15) is 0 Å². The van der Waals surface area contributed by atoms with Crippen LogP contribution in [0.1, 0.15) is 118 Å². The smallest absolute Gasteiger partial charge is 0.175 e. The topological polar surface area (TPSA) is 101 Å². The molecule has 5 heteroatoms. The van der Waals surface area contributed by atoms with Crippen LogP contribution in [0.25, 0.3) is 0 Å². The summed E-state index contributed by atoms with van der Waals surface area (Å²) in [6.07, 6.45) is 11.7. The van der Waals surface area contributed by atoms with Crippen LogP contribution in [-0.2, 0) is 0 Å². The molecule has 1 unspecified atom stereocenters. The van der Waals surface area contributed by atoms with E-state index in [0.717, 1.165) is 44.4 Å². The Morgan fingerprint density at radius 1 is 0.567 bits per heavy atom. The lowest BCUT2D eigenvalue weighted by atomic mass is 9.72.